The number of carbonyl (C=O) groups excluding carboxylic acids is 3. The Kier molecular flexibility index (Phi) is 7.07. The Balaban J connectivity index is 1.48. The molecular weight excluding hydrogens is 468 g/mol. The van der Waals surface area contributed by atoms with Gasteiger partial charge in [0.15, 0.2) is 5.78 Å². The van der Waals surface area contributed by atoms with Crippen molar-refractivity contribution in [3.63, 3.8) is 0 Å². The smallest absolute Gasteiger partial charge is 0.293 e. The fourth-order valence-corrected chi connectivity index (χ4v) is 4.30. The van der Waals surface area contributed by atoms with Gasteiger partial charge in [0, 0.05) is 23.3 Å². The van der Waals surface area contributed by atoms with Crippen molar-refractivity contribution >= 4 is 40.5 Å². The molecule has 1 aliphatic rings. The van der Waals surface area contributed by atoms with Crippen LogP contribution in [0.5, 0.6) is 5.75 Å². The standard InChI is InChI=1S/C26H20N2O6S/c1-17-5-4-6-18(13-17)16-34-23-8-3-2-7-20(23)14-24-25(30)27(26(31)35-24)15-22(29)19-9-11-21(12-10-19)28(32)33/h2-14H,15-16H2,1H3/b24-14+. The Morgan fingerprint density at radius 1 is 1.06 bits per heavy atom. The second kappa shape index (κ2) is 10.4. The van der Waals surface area contributed by atoms with Crippen molar-refractivity contribution in [2.75, 3.05) is 6.54 Å². The Hall–Kier alpha value is -4.24. The molecule has 0 radical (unpaired) electrons. The minimum absolute atomic E-state index is 0.154. The number of thioether (sulfide) groups is 1. The number of benzene rings is 3. The average molecular weight is 489 g/mol. The summed E-state index contributed by atoms with van der Waals surface area (Å²) in [5, 5.41) is 10.2. The molecule has 0 aromatic heterocycles. The zero-order chi connectivity index (χ0) is 24.9. The molecule has 1 aliphatic heterocycles. The number of ketones is 1. The Morgan fingerprint density at radius 3 is 2.51 bits per heavy atom. The first-order valence-corrected chi connectivity index (χ1v) is 11.4. The first-order valence-electron chi connectivity index (χ1n) is 10.6. The predicted octanol–water partition coefficient (Wildman–Crippen LogP) is 5.40. The Bertz CT molecular complexity index is 1350. The van der Waals surface area contributed by atoms with Gasteiger partial charge in [-0.2, -0.15) is 0 Å². The summed E-state index contributed by atoms with van der Waals surface area (Å²) in [6, 6.07) is 20.1. The van der Waals surface area contributed by atoms with E-state index in [1.165, 1.54) is 24.3 Å². The number of imide groups is 1. The number of nitro benzene ring substituents is 1. The van der Waals surface area contributed by atoms with Crippen LogP contribution in [-0.2, 0) is 11.4 Å². The van der Waals surface area contributed by atoms with Gasteiger partial charge in [-0.1, -0.05) is 48.0 Å². The molecule has 4 rings (SSSR count). The number of nitrogens with zero attached hydrogens (tertiary/aromatic N) is 2. The van der Waals surface area contributed by atoms with Crippen molar-refractivity contribution in [3.05, 3.63) is 110 Å². The van der Waals surface area contributed by atoms with Gasteiger partial charge in [-0.15, -0.1) is 0 Å². The first kappa shape index (κ1) is 23.9. The lowest BCUT2D eigenvalue weighted by molar-refractivity contribution is -0.384. The van der Waals surface area contributed by atoms with Crippen LogP contribution in [0.25, 0.3) is 6.08 Å². The van der Waals surface area contributed by atoms with Gasteiger partial charge in [-0.3, -0.25) is 29.4 Å². The summed E-state index contributed by atoms with van der Waals surface area (Å²) >= 11 is 0.747. The maximum absolute atomic E-state index is 12.9. The van der Waals surface area contributed by atoms with Gasteiger partial charge in [0.25, 0.3) is 16.8 Å². The molecule has 176 valence electrons. The predicted molar refractivity (Wildman–Crippen MR) is 132 cm³/mol. The summed E-state index contributed by atoms with van der Waals surface area (Å²) in [5.41, 5.74) is 2.78. The first-order chi connectivity index (χ1) is 16.8. The summed E-state index contributed by atoms with van der Waals surface area (Å²) in [7, 11) is 0. The highest BCUT2D eigenvalue weighted by molar-refractivity contribution is 8.18. The molecule has 2 amide bonds. The van der Waals surface area contributed by atoms with E-state index < -0.39 is 28.4 Å². The number of aryl methyl sites for hydroxylation is 1. The number of hydrogen-bond acceptors (Lipinski definition) is 7. The van der Waals surface area contributed by atoms with Crippen molar-refractivity contribution in [1.82, 2.24) is 4.90 Å². The van der Waals surface area contributed by atoms with Gasteiger partial charge in [0.2, 0.25) is 0 Å². The zero-order valence-corrected chi connectivity index (χ0v) is 19.5. The quantitative estimate of drug-likeness (QED) is 0.181. The highest BCUT2D eigenvalue weighted by Crippen LogP contribution is 2.34. The highest BCUT2D eigenvalue weighted by atomic mass is 32.2. The van der Waals surface area contributed by atoms with Gasteiger partial charge in [0.1, 0.15) is 12.4 Å². The number of non-ortho nitro benzene ring substituents is 1. The lowest BCUT2D eigenvalue weighted by atomic mass is 10.1. The molecule has 0 saturated carbocycles. The zero-order valence-electron chi connectivity index (χ0n) is 18.7. The largest absolute Gasteiger partial charge is 0.488 e. The van der Waals surface area contributed by atoms with E-state index in [-0.39, 0.29) is 16.2 Å². The monoisotopic (exact) mass is 488 g/mol. The number of carbonyl (C=O) groups is 3. The van der Waals surface area contributed by atoms with Crippen LogP contribution in [0.4, 0.5) is 10.5 Å². The Labute approximate surface area is 205 Å². The lowest BCUT2D eigenvalue weighted by Gasteiger charge is -2.12. The van der Waals surface area contributed by atoms with Crippen LogP contribution >= 0.6 is 11.8 Å². The minimum Gasteiger partial charge on any atom is -0.488 e. The van der Waals surface area contributed by atoms with Crippen molar-refractivity contribution in [2.45, 2.75) is 13.5 Å². The summed E-state index contributed by atoms with van der Waals surface area (Å²) in [5.74, 6) is -0.517. The van der Waals surface area contributed by atoms with Crippen molar-refractivity contribution in [3.8, 4) is 5.75 Å². The van der Waals surface area contributed by atoms with Gasteiger partial charge in [-0.25, -0.2) is 0 Å². The third-order valence-electron chi connectivity index (χ3n) is 5.26. The van der Waals surface area contributed by atoms with Crippen LogP contribution < -0.4 is 4.74 Å². The molecule has 0 spiro atoms. The number of rotatable bonds is 8. The summed E-state index contributed by atoms with van der Waals surface area (Å²) in [4.78, 5) is 49.2. The van der Waals surface area contributed by atoms with E-state index in [2.05, 4.69) is 0 Å². The van der Waals surface area contributed by atoms with E-state index in [1.807, 2.05) is 37.3 Å². The van der Waals surface area contributed by atoms with Crippen molar-refractivity contribution in [1.29, 1.82) is 0 Å². The van der Waals surface area contributed by atoms with Crippen LogP contribution in [0.2, 0.25) is 0 Å². The van der Waals surface area contributed by atoms with Crippen LogP contribution in [0.15, 0.2) is 77.7 Å². The number of Topliss-reactive ketones (excluding diaryl/α,β-unsaturated/α-hetero) is 1. The molecule has 0 aliphatic carbocycles. The minimum atomic E-state index is -0.580. The van der Waals surface area contributed by atoms with Gasteiger partial charge >= 0.3 is 0 Å². The number of ether oxygens (including phenoxy) is 1. The fourth-order valence-electron chi connectivity index (χ4n) is 3.48. The summed E-state index contributed by atoms with van der Waals surface area (Å²) in [6.07, 6.45) is 1.58. The lowest BCUT2D eigenvalue weighted by Crippen LogP contribution is -2.33. The molecular formula is C26H20N2O6S. The van der Waals surface area contributed by atoms with Crippen LogP contribution in [0.3, 0.4) is 0 Å². The third kappa shape index (κ3) is 5.64. The van der Waals surface area contributed by atoms with Gasteiger partial charge < -0.3 is 4.74 Å². The molecule has 0 atom stereocenters. The molecule has 1 saturated heterocycles. The van der Waals surface area contributed by atoms with Gasteiger partial charge in [0.05, 0.1) is 16.4 Å². The van der Waals surface area contributed by atoms with E-state index in [4.69, 9.17) is 4.74 Å². The number of amides is 2. The molecule has 1 heterocycles. The number of para-hydroxylation sites is 1. The second-order valence-corrected chi connectivity index (χ2v) is 8.80. The van der Waals surface area contributed by atoms with E-state index in [9.17, 15) is 24.5 Å². The molecule has 0 N–H and O–H groups in total. The van der Waals surface area contributed by atoms with Crippen molar-refractivity contribution in [2.24, 2.45) is 0 Å². The van der Waals surface area contributed by atoms with E-state index in [0.717, 1.165) is 27.8 Å². The third-order valence-corrected chi connectivity index (χ3v) is 6.17. The van der Waals surface area contributed by atoms with E-state index in [0.29, 0.717) is 17.9 Å². The molecule has 8 nitrogen and oxygen atoms in total. The molecule has 9 heteroatoms. The van der Waals surface area contributed by atoms with Crippen LogP contribution in [-0.4, -0.2) is 33.3 Å². The molecule has 1 fully saturated rings. The summed E-state index contributed by atoms with van der Waals surface area (Å²) in [6.45, 7) is 1.89. The fraction of sp³-hybridized carbons (Fsp3) is 0.115. The maximum atomic E-state index is 12.9. The second-order valence-electron chi connectivity index (χ2n) is 7.81. The average Bonchev–Trinajstić information content (AvgIpc) is 3.11. The number of nitro groups is 1. The molecule has 3 aromatic rings. The number of hydrogen-bond donors (Lipinski definition) is 0. The molecule has 35 heavy (non-hydrogen) atoms. The Morgan fingerprint density at radius 2 is 1.80 bits per heavy atom. The maximum Gasteiger partial charge on any atom is 0.293 e. The van der Waals surface area contributed by atoms with Crippen LogP contribution in [0, 0.1) is 17.0 Å². The van der Waals surface area contributed by atoms with Crippen LogP contribution in [0.1, 0.15) is 27.0 Å². The molecule has 0 bridgehead atoms. The topological polar surface area (TPSA) is 107 Å². The highest BCUT2D eigenvalue weighted by Gasteiger charge is 2.36. The van der Waals surface area contributed by atoms with E-state index in [1.54, 1.807) is 24.3 Å². The molecule has 0 unspecified atom stereocenters. The normalized spacial score (nSPS) is 14.4. The van der Waals surface area contributed by atoms with Gasteiger partial charge in [-0.05, 0) is 48.5 Å². The van der Waals surface area contributed by atoms with Crippen molar-refractivity contribution < 1.29 is 24.0 Å². The summed E-state index contributed by atoms with van der Waals surface area (Å²) < 4.78 is 5.96. The SMILES string of the molecule is Cc1cccc(COc2ccccc2/C=C2/SC(=O)N(CC(=O)c3ccc([N+](=O)[O-])cc3)C2=O)c1. The van der Waals surface area contributed by atoms with E-state index >= 15 is 0 Å². The molecule has 3 aromatic carbocycles.